The van der Waals surface area contributed by atoms with Crippen molar-refractivity contribution in [1.82, 2.24) is 4.98 Å². The minimum atomic E-state index is -0.779. The van der Waals surface area contributed by atoms with E-state index in [2.05, 4.69) is 4.98 Å². The summed E-state index contributed by atoms with van der Waals surface area (Å²) >= 11 is 2.98. The van der Waals surface area contributed by atoms with E-state index in [0.717, 1.165) is 16.3 Å². The molecule has 1 N–H and O–H groups in total. The number of carboxylic acid groups (broad SMARTS) is 1. The summed E-state index contributed by atoms with van der Waals surface area (Å²) in [5.74, 6) is -0.143. The lowest BCUT2D eigenvalue weighted by atomic mass is 10.2. The summed E-state index contributed by atoms with van der Waals surface area (Å²) in [5.41, 5.74) is 2.04. The second-order valence-electron chi connectivity index (χ2n) is 3.80. The lowest BCUT2D eigenvalue weighted by Crippen LogP contribution is -2.11. The quantitative estimate of drug-likeness (QED) is 0.910. The highest BCUT2D eigenvalue weighted by Crippen LogP contribution is 2.26. The van der Waals surface area contributed by atoms with Crippen molar-refractivity contribution in [3.8, 4) is 10.6 Å². The summed E-state index contributed by atoms with van der Waals surface area (Å²) in [6, 6.07) is 9.99. The molecule has 94 valence electrons. The zero-order valence-corrected chi connectivity index (χ0v) is 11.5. The van der Waals surface area contributed by atoms with Crippen LogP contribution in [0.25, 0.3) is 10.6 Å². The Balaban J connectivity index is 2.01. The average molecular weight is 279 g/mol. The van der Waals surface area contributed by atoms with Crippen LogP contribution in [-0.4, -0.2) is 21.3 Å². The molecule has 1 atom stereocenters. The number of carbonyl (C=O) groups is 1. The lowest BCUT2D eigenvalue weighted by Gasteiger charge is -2.03. The van der Waals surface area contributed by atoms with Crippen molar-refractivity contribution < 1.29 is 9.90 Å². The zero-order valence-electron chi connectivity index (χ0n) is 9.87. The maximum absolute atomic E-state index is 10.7. The first kappa shape index (κ1) is 13.1. The fraction of sp³-hybridized carbons (Fsp3) is 0.231. The van der Waals surface area contributed by atoms with Crippen molar-refractivity contribution in [2.45, 2.75) is 17.9 Å². The van der Waals surface area contributed by atoms with Gasteiger partial charge >= 0.3 is 5.97 Å². The van der Waals surface area contributed by atoms with Crippen LogP contribution < -0.4 is 0 Å². The average Bonchev–Trinajstić information content (AvgIpc) is 2.85. The number of carboxylic acids is 1. The van der Waals surface area contributed by atoms with E-state index in [-0.39, 0.29) is 0 Å². The molecule has 0 fully saturated rings. The third kappa shape index (κ3) is 3.34. The Morgan fingerprint density at radius 1 is 1.44 bits per heavy atom. The molecule has 2 aromatic rings. The fourth-order valence-corrected chi connectivity index (χ4v) is 3.01. The Labute approximate surface area is 114 Å². The predicted octanol–water partition coefficient (Wildman–Crippen LogP) is 3.52. The smallest absolute Gasteiger partial charge is 0.316 e. The number of nitrogens with zero attached hydrogens (tertiary/aromatic N) is 1. The summed E-state index contributed by atoms with van der Waals surface area (Å²) in [7, 11) is 0. The molecule has 0 aliphatic heterocycles. The first-order valence-electron chi connectivity index (χ1n) is 5.51. The fourth-order valence-electron chi connectivity index (χ4n) is 1.37. The lowest BCUT2D eigenvalue weighted by molar-refractivity contribution is -0.136. The molecule has 0 amide bonds. The van der Waals surface area contributed by atoms with E-state index in [4.69, 9.17) is 5.11 Å². The van der Waals surface area contributed by atoms with E-state index in [0.29, 0.717) is 5.75 Å². The first-order valence-corrected chi connectivity index (χ1v) is 7.44. The van der Waals surface area contributed by atoms with Gasteiger partial charge in [0.25, 0.3) is 0 Å². The Hall–Kier alpha value is -1.33. The normalized spacial score (nSPS) is 12.3. The van der Waals surface area contributed by atoms with Gasteiger partial charge in [-0.15, -0.1) is 23.1 Å². The maximum Gasteiger partial charge on any atom is 0.316 e. The number of benzene rings is 1. The molecule has 0 aliphatic carbocycles. The van der Waals surface area contributed by atoms with Crippen molar-refractivity contribution in [2.75, 3.05) is 0 Å². The summed E-state index contributed by atoms with van der Waals surface area (Å²) in [5, 5.41) is 11.4. The molecule has 0 bridgehead atoms. The van der Waals surface area contributed by atoms with Crippen LogP contribution in [0.5, 0.6) is 0 Å². The van der Waals surface area contributed by atoms with Crippen molar-refractivity contribution in [1.29, 1.82) is 0 Å². The van der Waals surface area contributed by atoms with Crippen LogP contribution in [0.4, 0.5) is 0 Å². The molecule has 0 spiro atoms. The Bertz CT molecular complexity index is 525. The zero-order chi connectivity index (χ0) is 13.0. The van der Waals surface area contributed by atoms with Crippen LogP contribution in [-0.2, 0) is 10.5 Å². The Morgan fingerprint density at radius 3 is 2.83 bits per heavy atom. The van der Waals surface area contributed by atoms with Gasteiger partial charge in [-0.05, 0) is 6.92 Å². The molecule has 5 heteroatoms. The molecule has 2 rings (SSSR count). The third-order valence-electron chi connectivity index (χ3n) is 2.40. The molecular formula is C13H13NO2S2. The Kier molecular flexibility index (Phi) is 4.38. The molecule has 1 heterocycles. The number of thiazole rings is 1. The van der Waals surface area contributed by atoms with Gasteiger partial charge < -0.3 is 5.11 Å². The number of rotatable bonds is 5. The predicted molar refractivity (Wildman–Crippen MR) is 75.9 cm³/mol. The van der Waals surface area contributed by atoms with Gasteiger partial charge in [0.05, 0.1) is 10.9 Å². The monoisotopic (exact) mass is 279 g/mol. The van der Waals surface area contributed by atoms with Gasteiger partial charge in [0, 0.05) is 16.7 Å². The van der Waals surface area contributed by atoms with Crippen molar-refractivity contribution in [2.24, 2.45) is 0 Å². The van der Waals surface area contributed by atoms with Crippen molar-refractivity contribution in [3.63, 3.8) is 0 Å². The van der Waals surface area contributed by atoms with E-state index in [1.807, 2.05) is 35.7 Å². The highest BCUT2D eigenvalue weighted by Gasteiger charge is 2.12. The van der Waals surface area contributed by atoms with E-state index in [9.17, 15) is 4.79 Å². The molecule has 1 aromatic heterocycles. The van der Waals surface area contributed by atoms with Crippen LogP contribution >= 0.6 is 23.1 Å². The number of hydrogen-bond donors (Lipinski definition) is 1. The summed E-state index contributed by atoms with van der Waals surface area (Å²) in [4.78, 5) is 15.2. The van der Waals surface area contributed by atoms with Gasteiger partial charge in [0.1, 0.15) is 5.01 Å². The van der Waals surface area contributed by atoms with Crippen LogP contribution in [0.2, 0.25) is 0 Å². The Morgan fingerprint density at radius 2 is 2.17 bits per heavy atom. The standard InChI is InChI=1S/C13H13NO2S2/c1-9(13(15)16)17-7-11-8-18-12(14-11)10-5-3-2-4-6-10/h2-6,8-9H,7H2,1H3,(H,15,16). The summed E-state index contributed by atoms with van der Waals surface area (Å²) in [6.07, 6.45) is 0. The van der Waals surface area contributed by atoms with Crippen LogP contribution in [0.1, 0.15) is 12.6 Å². The number of hydrogen-bond acceptors (Lipinski definition) is 4. The van der Waals surface area contributed by atoms with Gasteiger partial charge in [-0.25, -0.2) is 4.98 Å². The van der Waals surface area contributed by atoms with E-state index < -0.39 is 11.2 Å². The minimum absolute atomic E-state index is 0.396. The highest BCUT2D eigenvalue weighted by atomic mass is 32.2. The van der Waals surface area contributed by atoms with E-state index in [1.165, 1.54) is 11.8 Å². The van der Waals surface area contributed by atoms with Crippen LogP contribution in [0.3, 0.4) is 0 Å². The second-order valence-corrected chi connectivity index (χ2v) is 5.99. The molecule has 3 nitrogen and oxygen atoms in total. The SMILES string of the molecule is CC(SCc1csc(-c2ccccc2)n1)C(=O)O. The molecule has 0 aliphatic rings. The summed E-state index contributed by atoms with van der Waals surface area (Å²) < 4.78 is 0. The molecule has 0 saturated carbocycles. The van der Waals surface area contributed by atoms with Crippen LogP contribution in [0, 0.1) is 0 Å². The van der Waals surface area contributed by atoms with Crippen molar-refractivity contribution in [3.05, 3.63) is 41.4 Å². The molecule has 1 unspecified atom stereocenters. The van der Waals surface area contributed by atoms with Gasteiger partial charge in [-0.1, -0.05) is 30.3 Å². The van der Waals surface area contributed by atoms with Gasteiger partial charge in [-0.2, -0.15) is 0 Å². The number of aromatic nitrogens is 1. The molecule has 1 aromatic carbocycles. The number of thioether (sulfide) groups is 1. The molecular weight excluding hydrogens is 266 g/mol. The van der Waals surface area contributed by atoms with Gasteiger partial charge in [-0.3, -0.25) is 4.79 Å². The first-order chi connectivity index (χ1) is 8.66. The second kappa shape index (κ2) is 6.02. The topological polar surface area (TPSA) is 50.2 Å². The van der Waals surface area contributed by atoms with E-state index >= 15 is 0 Å². The minimum Gasteiger partial charge on any atom is -0.480 e. The largest absolute Gasteiger partial charge is 0.480 e. The van der Waals surface area contributed by atoms with Gasteiger partial charge in [0.15, 0.2) is 0 Å². The maximum atomic E-state index is 10.7. The van der Waals surface area contributed by atoms with Crippen LogP contribution in [0.15, 0.2) is 35.7 Å². The molecule has 18 heavy (non-hydrogen) atoms. The molecule has 0 radical (unpaired) electrons. The van der Waals surface area contributed by atoms with Crippen molar-refractivity contribution >= 4 is 29.1 Å². The summed E-state index contributed by atoms with van der Waals surface area (Å²) in [6.45, 7) is 1.69. The third-order valence-corrected chi connectivity index (χ3v) is 4.51. The van der Waals surface area contributed by atoms with Gasteiger partial charge in [0.2, 0.25) is 0 Å². The highest BCUT2D eigenvalue weighted by molar-refractivity contribution is 7.99. The molecule has 0 saturated heterocycles. The van der Waals surface area contributed by atoms with E-state index in [1.54, 1.807) is 18.3 Å². The number of aliphatic carboxylic acids is 1.